The summed E-state index contributed by atoms with van der Waals surface area (Å²) in [5.41, 5.74) is 5.31. The second-order valence-electron chi connectivity index (χ2n) is 7.52. The van der Waals surface area contributed by atoms with Gasteiger partial charge in [-0.1, -0.05) is 25.1 Å². The summed E-state index contributed by atoms with van der Waals surface area (Å²) in [4.78, 5) is 15.0. The first kappa shape index (κ1) is 19.1. The van der Waals surface area contributed by atoms with Crippen LogP contribution in [0.1, 0.15) is 52.1 Å². The Balaban J connectivity index is 1.94. The number of phenols is 1. The molecule has 0 bridgehead atoms. The van der Waals surface area contributed by atoms with Crippen molar-refractivity contribution in [3.8, 4) is 22.8 Å². The van der Waals surface area contributed by atoms with Gasteiger partial charge in [-0.3, -0.25) is 9.89 Å². The molecule has 0 saturated carbocycles. The number of carbonyl (C=O) groups is 1. The quantitative estimate of drug-likeness (QED) is 0.677. The fourth-order valence-corrected chi connectivity index (χ4v) is 4.17. The fraction of sp³-hybridized carbons (Fsp3) is 0.304. The van der Waals surface area contributed by atoms with E-state index in [1.165, 1.54) is 0 Å². The van der Waals surface area contributed by atoms with Crippen molar-refractivity contribution < 1.29 is 14.6 Å². The van der Waals surface area contributed by atoms with Crippen molar-refractivity contribution in [2.45, 2.75) is 33.2 Å². The largest absolute Gasteiger partial charge is 0.507 e. The van der Waals surface area contributed by atoms with Gasteiger partial charge in [-0.15, -0.1) is 0 Å². The molecule has 1 aromatic heterocycles. The van der Waals surface area contributed by atoms with Crippen LogP contribution in [0, 0.1) is 13.8 Å². The molecule has 2 N–H and O–H groups in total. The third-order valence-electron chi connectivity index (χ3n) is 5.44. The molecule has 6 heteroatoms. The Morgan fingerprint density at radius 2 is 2.03 bits per heavy atom. The summed E-state index contributed by atoms with van der Waals surface area (Å²) in [7, 11) is 1.63. The van der Waals surface area contributed by atoms with E-state index in [-0.39, 0.29) is 17.7 Å². The molecule has 0 radical (unpaired) electrons. The predicted octanol–water partition coefficient (Wildman–Crippen LogP) is 4.36. The number of aryl methyl sites for hydroxylation is 2. The van der Waals surface area contributed by atoms with E-state index in [1.54, 1.807) is 7.11 Å². The minimum Gasteiger partial charge on any atom is -0.507 e. The predicted molar refractivity (Wildman–Crippen MR) is 111 cm³/mol. The minimum atomic E-state index is -0.290. The van der Waals surface area contributed by atoms with Gasteiger partial charge in [0.1, 0.15) is 22.9 Å². The molecule has 6 nitrogen and oxygen atoms in total. The molecule has 3 aromatic rings. The highest BCUT2D eigenvalue weighted by Gasteiger charge is 2.42. The number of nitrogens with one attached hydrogen (secondary N) is 1. The van der Waals surface area contributed by atoms with Gasteiger partial charge in [-0.2, -0.15) is 5.10 Å². The topological polar surface area (TPSA) is 78.5 Å². The number of H-pyrrole nitrogens is 1. The van der Waals surface area contributed by atoms with Crippen LogP contribution >= 0.6 is 0 Å². The van der Waals surface area contributed by atoms with Gasteiger partial charge >= 0.3 is 0 Å². The SMILES string of the molecule is CCCN1C(=O)c2[nH]nc(-c3cc(C)cc(C)c3O)c2C1c1cccc(OC)c1. The van der Waals surface area contributed by atoms with Crippen LogP contribution in [-0.2, 0) is 0 Å². The Hall–Kier alpha value is -3.28. The molecular weight excluding hydrogens is 366 g/mol. The second-order valence-corrected chi connectivity index (χ2v) is 7.52. The standard InChI is InChI=1S/C23H25N3O3/c1-5-9-26-21(15-7-6-8-16(12-15)29-4)18-19(24-25-20(18)23(26)28)17-11-13(2)10-14(3)22(17)27/h6-8,10-12,21,27H,5,9H2,1-4H3,(H,24,25). The van der Waals surface area contributed by atoms with Gasteiger partial charge in [-0.25, -0.2) is 0 Å². The molecule has 1 atom stereocenters. The van der Waals surface area contributed by atoms with Crippen LogP contribution < -0.4 is 4.74 Å². The fourth-order valence-electron chi connectivity index (χ4n) is 4.17. The smallest absolute Gasteiger partial charge is 0.273 e. The molecule has 0 saturated heterocycles. The summed E-state index contributed by atoms with van der Waals surface area (Å²) in [6, 6.07) is 11.3. The van der Waals surface area contributed by atoms with Crippen LogP contribution in [0.25, 0.3) is 11.3 Å². The number of aromatic hydroxyl groups is 1. The third kappa shape index (κ3) is 3.05. The van der Waals surface area contributed by atoms with Gasteiger partial charge in [0.15, 0.2) is 0 Å². The number of hydrogen-bond acceptors (Lipinski definition) is 4. The number of ether oxygens (including phenoxy) is 1. The number of benzene rings is 2. The molecule has 2 aromatic carbocycles. The maximum absolute atomic E-state index is 13.1. The molecule has 0 aliphatic carbocycles. The Morgan fingerprint density at radius 3 is 2.76 bits per heavy atom. The van der Waals surface area contributed by atoms with Gasteiger partial charge in [0.25, 0.3) is 5.91 Å². The first-order valence-corrected chi connectivity index (χ1v) is 9.80. The summed E-state index contributed by atoms with van der Waals surface area (Å²) in [6.07, 6.45) is 0.841. The molecule has 1 aliphatic rings. The number of fused-ring (bicyclic) bond motifs is 1. The number of rotatable bonds is 5. The minimum absolute atomic E-state index is 0.0720. The number of carbonyl (C=O) groups excluding carboxylic acids is 1. The van der Waals surface area contributed by atoms with Crippen molar-refractivity contribution in [2.75, 3.05) is 13.7 Å². The molecule has 4 rings (SSSR count). The van der Waals surface area contributed by atoms with Crippen LogP contribution in [0.3, 0.4) is 0 Å². The molecule has 29 heavy (non-hydrogen) atoms. The highest BCUT2D eigenvalue weighted by Crippen LogP contribution is 2.45. The van der Waals surface area contributed by atoms with E-state index in [0.717, 1.165) is 34.4 Å². The Labute approximate surface area is 170 Å². The number of methoxy groups -OCH3 is 1. The lowest BCUT2D eigenvalue weighted by Gasteiger charge is -2.26. The average Bonchev–Trinajstić information content (AvgIpc) is 3.25. The average molecular weight is 391 g/mol. The second kappa shape index (κ2) is 7.28. The van der Waals surface area contributed by atoms with Gasteiger partial charge in [-0.05, 0) is 55.2 Å². The van der Waals surface area contributed by atoms with Crippen LogP contribution in [-0.4, -0.2) is 39.8 Å². The highest BCUT2D eigenvalue weighted by molar-refractivity contribution is 6.00. The molecule has 1 amide bonds. The van der Waals surface area contributed by atoms with Gasteiger partial charge in [0, 0.05) is 17.7 Å². The zero-order chi connectivity index (χ0) is 20.7. The number of hydrogen-bond donors (Lipinski definition) is 2. The summed E-state index contributed by atoms with van der Waals surface area (Å²) in [5, 5.41) is 18.1. The summed E-state index contributed by atoms with van der Waals surface area (Å²) < 4.78 is 5.40. The van der Waals surface area contributed by atoms with E-state index < -0.39 is 0 Å². The summed E-state index contributed by atoms with van der Waals surface area (Å²) >= 11 is 0. The number of phenolic OH excluding ortho intramolecular Hbond substituents is 1. The van der Waals surface area contributed by atoms with E-state index in [9.17, 15) is 9.90 Å². The van der Waals surface area contributed by atoms with Gasteiger partial charge < -0.3 is 14.7 Å². The van der Waals surface area contributed by atoms with Crippen molar-refractivity contribution in [1.82, 2.24) is 15.1 Å². The van der Waals surface area contributed by atoms with Crippen molar-refractivity contribution >= 4 is 5.91 Å². The zero-order valence-corrected chi connectivity index (χ0v) is 17.1. The Morgan fingerprint density at radius 1 is 1.24 bits per heavy atom. The molecule has 2 heterocycles. The zero-order valence-electron chi connectivity index (χ0n) is 17.1. The van der Waals surface area contributed by atoms with E-state index in [4.69, 9.17) is 4.74 Å². The molecule has 150 valence electrons. The molecular formula is C23H25N3O3. The molecule has 1 unspecified atom stereocenters. The van der Waals surface area contributed by atoms with Gasteiger partial charge in [0.05, 0.1) is 13.2 Å². The van der Waals surface area contributed by atoms with Crippen molar-refractivity contribution in [3.63, 3.8) is 0 Å². The van der Waals surface area contributed by atoms with E-state index in [0.29, 0.717) is 23.5 Å². The van der Waals surface area contributed by atoms with Crippen molar-refractivity contribution in [1.29, 1.82) is 0 Å². The number of amides is 1. The third-order valence-corrected chi connectivity index (χ3v) is 5.44. The maximum atomic E-state index is 13.1. The van der Waals surface area contributed by atoms with Crippen LogP contribution in [0.2, 0.25) is 0 Å². The van der Waals surface area contributed by atoms with Crippen LogP contribution in [0.15, 0.2) is 36.4 Å². The van der Waals surface area contributed by atoms with Crippen LogP contribution in [0.4, 0.5) is 0 Å². The Kier molecular flexibility index (Phi) is 4.78. The lowest BCUT2D eigenvalue weighted by Crippen LogP contribution is -2.30. The first-order valence-electron chi connectivity index (χ1n) is 9.80. The van der Waals surface area contributed by atoms with E-state index >= 15 is 0 Å². The van der Waals surface area contributed by atoms with Gasteiger partial charge in [0.2, 0.25) is 0 Å². The monoisotopic (exact) mass is 391 g/mol. The normalized spacial score (nSPS) is 15.7. The number of aromatic amines is 1. The van der Waals surface area contributed by atoms with Crippen LogP contribution in [0.5, 0.6) is 11.5 Å². The number of nitrogens with zero attached hydrogens (tertiary/aromatic N) is 2. The first-order chi connectivity index (χ1) is 14.0. The lowest BCUT2D eigenvalue weighted by atomic mass is 9.94. The van der Waals surface area contributed by atoms with E-state index in [1.807, 2.05) is 55.1 Å². The molecule has 1 aliphatic heterocycles. The number of aromatic nitrogens is 2. The summed E-state index contributed by atoms with van der Waals surface area (Å²) in [6.45, 7) is 6.53. The summed E-state index contributed by atoms with van der Waals surface area (Å²) in [5.74, 6) is 0.854. The van der Waals surface area contributed by atoms with E-state index in [2.05, 4.69) is 17.1 Å². The lowest BCUT2D eigenvalue weighted by molar-refractivity contribution is 0.0744. The maximum Gasteiger partial charge on any atom is 0.273 e. The Bertz CT molecular complexity index is 1090. The molecule has 0 spiro atoms. The molecule has 0 fully saturated rings. The van der Waals surface area contributed by atoms with Crippen molar-refractivity contribution in [2.24, 2.45) is 0 Å². The van der Waals surface area contributed by atoms with Crippen molar-refractivity contribution in [3.05, 3.63) is 64.3 Å². The highest BCUT2D eigenvalue weighted by atomic mass is 16.5.